The van der Waals surface area contributed by atoms with Crippen LogP contribution in [0.5, 0.6) is 5.75 Å². The summed E-state index contributed by atoms with van der Waals surface area (Å²) in [5.74, 6) is 0.128. The van der Waals surface area contributed by atoms with Crippen molar-refractivity contribution in [2.75, 3.05) is 0 Å². The normalized spacial score (nSPS) is 11.6. The summed E-state index contributed by atoms with van der Waals surface area (Å²) >= 11 is 0. The first kappa shape index (κ1) is 12.5. The van der Waals surface area contributed by atoms with Crippen molar-refractivity contribution < 1.29 is 18.3 Å². The second kappa shape index (κ2) is 4.37. The highest BCUT2D eigenvalue weighted by Gasteiger charge is 2.30. The molecule has 94 valence electrons. The summed E-state index contributed by atoms with van der Waals surface area (Å²) in [5.41, 5.74) is 1.40. The first-order valence-corrected chi connectivity index (χ1v) is 5.35. The molecule has 0 amide bonds. The van der Waals surface area contributed by atoms with Gasteiger partial charge in [0, 0.05) is 0 Å². The Morgan fingerprint density at radius 2 is 1.56 bits per heavy atom. The van der Waals surface area contributed by atoms with Gasteiger partial charge in [0.15, 0.2) is 0 Å². The highest BCUT2D eigenvalue weighted by molar-refractivity contribution is 5.68. The first-order chi connectivity index (χ1) is 8.38. The van der Waals surface area contributed by atoms with Gasteiger partial charge in [0.1, 0.15) is 5.75 Å². The van der Waals surface area contributed by atoms with Gasteiger partial charge in [-0.15, -0.1) is 0 Å². The van der Waals surface area contributed by atoms with E-state index in [1.807, 2.05) is 0 Å². The van der Waals surface area contributed by atoms with E-state index < -0.39 is 11.7 Å². The third kappa shape index (κ3) is 2.47. The SMILES string of the molecule is Cc1cc(C(F)(F)F)ccc1-c1ccc(O)cc1. The molecule has 0 atom stereocenters. The molecule has 0 unspecified atom stereocenters. The Morgan fingerprint density at radius 3 is 2.06 bits per heavy atom. The molecular weight excluding hydrogens is 241 g/mol. The van der Waals surface area contributed by atoms with Gasteiger partial charge < -0.3 is 5.11 Å². The zero-order chi connectivity index (χ0) is 13.3. The zero-order valence-electron chi connectivity index (χ0n) is 9.62. The van der Waals surface area contributed by atoms with E-state index in [4.69, 9.17) is 0 Å². The summed E-state index contributed by atoms with van der Waals surface area (Å²) < 4.78 is 37.6. The maximum absolute atomic E-state index is 12.5. The molecule has 0 bridgehead atoms. The highest BCUT2D eigenvalue weighted by atomic mass is 19.4. The van der Waals surface area contributed by atoms with Crippen LogP contribution in [0.4, 0.5) is 13.2 Å². The summed E-state index contributed by atoms with van der Waals surface area (Å²) in [6.45, 7) is 1.64. The van der Waals surface area contributed by atoms with Gasteiger partial charge in [-0.1, -0.05) is 18.2 Å². The molecule has 1 N–H and O–H groups in total. The van der Waals surface area contributed by atoms with E-state index >= 15 is 0 Å². The van der Waals surface area contributed by atoms with Crippen molar-refractivity contribution in [1.29, 1.82) is 0 Å². The van der Waals surface area contributed by atoms with Crippen LogP contribution in [0.2, 0.25) is 0 Å². The summed E-state index contributed by atoms with van der Waals surface area (Å²) in [6, 6.07) is 10.00. The number of hydrogen-bond acceptors (Lipinski definition) is 1. The van der Waals surface area contributed by atoms with Crippen molar-refractivity contribution in [1.82, 2.24) is 0 Å². The smallest absolute Gasteiger partial charge is 0.416 e. The van der Waals surface area contributed by atoms with Gasteiger partial charge in [-0.2, -0.15) is 13.2 Å². The third-order valence-corrected chi connectivity index (χ3v) is 2.73. The fourth-order valence-corrected chi connectivity index (χ4v) is 1.80. The van der Waals surface area contributed by atoms with Gasteiger partial charge in [-0.3, -0.25) is 0 Å². The van der Waals surface area contributed by atoms with E-state index in [2.05, 4.69) is 0 Å². The van der Waals surface area contributed by atoms with E-state index in [1.54, 1.807) is 19.1 Å². The van der Waals surface area contributed by atoms with Crippen molar-refractivity contribution in [2.24, 2.45) is 0 Å². The second-order valence-electron chi connectivity index (χ2n) is 4.07. The largest absolute Gasteiger partial charge is 0.508 e. The number of hydrogen-bond donors (Lipinski definition) is 1. The number of phenols is 1. The maximum atomic E-state index is 12.5. The van der Waals surface area contributed by atoms with Crippen molar-refractivity contribution >= 4 is 0 Å². The molecule has 4 heteroatoms. The van der Waals surface area contributed by atoms with Gasteiger partial charge in [-0.25, -0.2) is 0 Å². The van der Waals surface area contributed by atoms with Crippen LogP contribution >= 0.6 is 0 Å². The predicted molar refractivity (Wildman–Crippen MR) is 63.3 cm³/mol. The van der Waals surface area contributed by atoms with Crippen molar-refractivity contribution in [2.45, 2.75) is 13.1 Å². The van der Waals surface area contributed by atoms with E-state index in [0.717, 1.165) is 23.3 Å². The molecule has 2 rings (SSSR count). The number of rotatable bonds is 1. The number of aromatic hydroxyl groups is 1. The molecule has 0 saturated heterocycles. The van der Waals surface area contributed by atoms with E-state index in [0.29, 0.717) is 5.56 Å². The molecule has 0 heterocycles. The average molecular weight is 252 g/mol. The van der Waals surface area contributed by atoms with Crippen LogP contribution in [0, 0.1) is 6.92 Å². The molecule has 0 aliphatic rings. The number of halogens is 3. The van der Waals surface area contributed by atoms with E-state index in [-0.39, 0.29) is 5.75 Å². The Hall–Kier alpha value is -1.97. The molecule has 0 saturated carbocycles. The van der Waals surface area contributed by atoms with Crippen LogP contribution in [0.1, 0.15) is 11.1 Å². The lowest BCUT2D eigenvalue weighted by Gasteiger charge is -2.11. The minimum absolute atomic E-state index is 0.128. The van der Waals surface area contributed by atoms with Crippen molar-refractivity contribution in [3.63, 3.8) is 0 Å². The molecule has 0 aromatic heterocycles. The number of alkyl halides is 3. The fourth-order valence-electron chi connectivity index (χ4n) is 1.80. The Balaban J connectivity index is 2.45. The number of benzene rings is 2. The molecule has 18 heavy (non-hydrogen) atoms. The molecule has 0 spiro atoms. The third-order valence-electron chi connectivity index (χ3n) is 2.73. The van der Waals surface area contributed by atoms with Crippen LogP contribution in [0.3, 0.4) is 0 Å². The molecule has 0 aliphatic heterocycles. The Bertz CT molecular complexity index is 556. The minimum Gasteiger partial charge on any atom is -0.508 e. The van der Waals surface area contributed by atoms with Gasteiger partial charge in [-0.05, 0) is 47.9 Å². The lowest BCUT2D eigenvalue weighted by Crippen LogP contribution is -2.05. The van der Waals surface area contributed by atoms with Crippen LogP contribution in [-0.2, 0) is 6.18 Å². The molecule has 2 aromatic rings. The van der Waals surface area contributed by atoms with Crippen LogP contribution in [-0.4, -0.2) is 5.11 Å². The molecule has 0 fully saturated rings. The van der Waals surface area contributed by atoms with Crippen LogP contribution in [0.15, 0.2) is 42.5 Å². The van der Waals surface area contributed by atoms with Crippen LogP contribution < -0.4 is 0 Å². The maximum Gasteiger partial charge on any atom is 0.416 e. The number of aryl methyl sites for hydroxylation is 1. The van der Waals surface area contributed by atoms with Gasteiger partial charge in [0.05, 0.1) is 5.56 Å². The van der Waals surface area contributed by atoms with Crippen LogP contribution in [0.25, 0.3) is 11.1 Å². The molecule has 1 nitrogen and oxygen atoms in total. The van der Waals surface area contributed by atoms with Crippen molar-refractivity contribution in [3.8, 4) is 16.9 Å². The molecule has 0 aliphatic carbocycles. The lowest BCUT2D eigenvalue weighted by atomic mass is 9.98. The average Bonchev–Trinajstić information content (AvgIpc) is 2.29. The summed E-state index contributed by atoms with van der Waals surface area (Å²) in [7, 11) is 0. The summed E-state index contributed by atoms with van der Waals surface area (Å²) in [5, 5.41) is 9.17. The minimum atomic E-state index is -4.32. The standard InChI is InChI=1S/C14H11F3O/c1-9-8-11(14(15,16)17)4-7-13(9)10-2-5-12(18)6-3-10/h2-8,18H,1H3. The Kier molecular flexibility index (Phi) is 3.03. The second-order valence-corrected chi connectivity index (χ2v) is 4.07. The molecule has 0 radical (unpaired) electrons. The Labute approximate surface area is 103 Å². The summed E-state index contributed by atoms with van der Waals surface area (Å²) in [4.78, 5) is 0. The summed E-state index contributed by atoms with van der Waals surface area (Å²) in [6.07, 6.45) is -4.32. The topological polar surface area (TPSA) is 20.2 Å². The van der Waals surface area contributed by atoms with E-state index in [9.17, 15) is 18.3 Å². The lowest BCUT2D eigenvalue weighted by molar-refractivity contribution is -0.137. The van der Waals surface area contributed by atoms with Gasteiger partial charge in [0.2, 0.25) is 0 Å². The molecular formula is C14H11F3O. The highest BCUT2D eigenvalue weighted by Crippen LogP contribution is 2.33. The predicted octanol–water partition coefficient (Wildman–Crippen LogP) is 4.39. The Morgan fingerprint density at radius 1 is 0.944 bits per heavy atom. The van der Waals surface area contributed by atoms with Gasteiger partial charge >= 0.3 is 6.18 Å². The first-order valence-electron chi connectivity index (χ1n) is 5.35. The van der Waals surface area contributed by atoms with Gasteiger partial charge in [0.25, 0.3) is 0 Å². The van der Waals surface area contributed by atoms with E-state index in [1.165, 1.54) is 18.2 Å². The monoisotopic (exact) mass is 252 g/mol. The van der Waals surface area contributed by atoms with Crippen molar-refractivity contribution in [3.05, 3.63) is 53.6 Å². The quantitative estimate of drug-likeness (QED) is 0.798. The molecule has 2 aromatic carbocycles. The zero-order valence-corrected chi connectivity index (χ0v) is 9.62. The number of phenolic OH excluding ortho intramolecular Hbond substituents is 1. The fraction of sp³-hybridized carbons (Fsp3) is 0.143.